The van der Waals surface area contributed by atoms with Gasteiger partial charge in [-0.1, -0.05) is 5.16 Å². The Kier molecular flexibility index (Phi) is 2.53. The van der Waals surface area contributed by atoms with Gasteiger partial charge < -0.3 is 14.8 Å². The maximum Gasteiger partial charge on any atom is 0.273 e. The molecule has 0 saturated heterocycles. The summed E-state index contributed by atoms with van der Waals surface area (Å²) in [6.45, 7) is 2.23. The van der Waals surface area contributed by atoms with Crippen LogP contribution in [0.1, 0.15) is 21.8 Å². The van der Waals surface area contributed by atoms with E-state index in [9.17, 15) is 4.79 Å². The number of H-pyrrole nitrogens is 1. The third-order valence-electron chi connectivity index (χ3n) is 1.98. The first-order valence-electron chi connectivity index (χ1n) is 4.59. The zero-order chi connectivity index (χ0) is 10.7. The van der Waals surface area contributed by atoms with Gasteiger partial charge >= 0.3 is 0 Å². The van der Waals surface area contributed by atoms with Gasteiger partial charge in [-0.15, -0.1) is 0 Å². The van der Waals surface area contributed by atoms with Gasteiger partial charge in [0, 0.05) is 25.0 Å². The lowest BCUT2D eigenvalue weighted by molar-refractivity contribution is 0.0942. The van der Waals surface area contributed by atoms with Gasteiger partial charge in [0.05, 0.1) is 0 Å². The Bertz CT molecular complexity index is 445. The van der Waals surface area contributed by atoms with Crippen LogP contribution >= 0.6 is 0 Å². The van der Waals surface area contributed by atoms with E-state index in [1.54, 1.807) is 13.0 Å². The topological polar surface area (TPSA) is 70.9 Å². The molecule has 5 heteroatoms. The first kappa shape index (κ1) is 9.51. The molecule has 2 aromatic rings. The molecule has 0 bridgehead atoms. The fraction of sp³-hybridized carbons (Fsp3) is 0.200. The van der Waals surface area contributed by atoms with E-state index in [0.717, 1.165) is 5.56 Å². The SMILES string of the molecule is Cc1cc(C(=O)NCc2cc[nH]c2)no1. The van der Waals surface area contributed by atoms with E-state index in [2.05, 4.69) is 15.5 Å². The van der Waals surface area contributed by atoms with Gasteiger partial charge in [0.15, 0.2) is 5.69 Å². The molecule has 0 saturated carbocycles. The fourth-order valence-electron chi connectivity index (χ4n) is 1.21. The Morgan fingerprint density at radius 2 is 2.53 bits per heavy atom. The fourth-order valence-corrected chi connectivity index (χ4v) is 1.21. The van der Waals surface area contributed by atoms with Crippen LogP contribution in [0.5, 0.6) is 0 Å². The van der Waals surface area contributed by atoms with E-state index in [1.165, 1.54) is 0 Å². The van der Waals surface area contributed by atoms with Crippen molar-refractivity contribution < 1.29 is 9.32 Å². The Morgan fingerprint density at radius 1 is 1.67 bits per heavy atom. The standard InChI is InChI=1S/C10H11N3O2/c1-7-4-9(13-15-7)10(14)12-6-8-2-3-11-5-8/h2-5,11H,6H2,1H3,(H,12,14). The molecule has 1 amide bonds. The zero-order valence-corrected chi connectivity index (χ0v) is 8.28. The third-order valence-corrected chi connectivity index (χ3v) is 1.98. The summed E-state index contributed by atoms with van der Waals surface area (Å²) in [6.07, 6.45) is 3.63. The molecule has 2 aromatic heterocycles. The summed E-state index contributed by atoms with van der Waals surface area (Å²) in [4.78, 5) is 14.4. The maximum absolute atomic E-state index is 11.5. The molecule has 0 aliphatic carbocycles. The summed E-state index contributed by atoms with van der Waals surface area (Å²) in [5, 5.41) is 6.35. The number of carbonyl (C=O) groups is 1. The van der Waals surface area contributed by atoms with Gasteiger partial charge in [-0.3, -0.25) is 4.79 Å². The Hall–Kier alpha value is -2.04. The first-order valence-corrected chi connectivity index (χ1v) is 4.59. The van der Waals surface area contributed by atoms with Gasteiger partial charge in [0.25, 0.3) is 5.91 Å². The molecule has 0 unspecified atom stereocenters. The maximum atomic E-state index is 11.5. The number of amides is 1. The summed E-state index contributed by atoms with van der Waals surface area (Å²) in [7, 11) is 0. The van der Waals surface area contributed by atoms with Crippen molar-refractivity contribution in [1.29, 1.82) is 0 Å². The van der Waals surface area contributed by atoms with Crippen molar-refractivity contribution in [1.82, 2.24) is 15.5 Å². The molecule has 0 radical (unpaired) electrons. The van der Waals surface area contributed by atoms with Crippen molar-refractivity contribution in [2.45, 2.75) is 13.5 Å². The molecule has 0 aliphatic rings. The molecule has 15 heavy (non-hydrogen) atoms. The van der Waals surface area contributed by atoms with Gasteiger partial charge in [0.1, 0.15) is 5.76 Å². The first-order chi connectivity index (χ1) is 7.25. The monoisotopic (exact) mass is 205 g/mol. The molecule has 5 nitrogen and oxygen atoms in total. The Morgan fingerprint density at radius 3 is 3.13 bits per heavy atom. The number of rotatable bonds is 3. The average molecular weight is 205 g/mol. The van der Waals surface area contributed by atoms with Crippen molar-refractivity contribution in [2.24, 2.45) is 0 Å². The van der Waals surface area contributed by atoms with Gasteiger partial charge in [-0.25, -0.2) is 0 Å². The number of aromatic nitrogens is 2. The van der Waals surface area contributed by atoms with E-state index in [0.29, 0.717) is 18.0 Å². The van der Waals surface area contributed by atoms with Gasteiger partial charge in [-0.2, -0.15) is 0 Å². The predicted octanol–water partition coefficient (Wildman–Crippen LogP) is 1.24. The van der Waals surface area contributed by atoms with E-state index < -0.39 is 0 Å². The van der Waals surface area contributed by atoms with Crippen molar-refractivity contribution in [2.75, 3.05) is 0 Å². The Balaban J connectivity index is 1.93. The van der Waals surface area contributed by atoms with Crippen LogP contribution in [-0.4, -0.2) is 16.0 Å². The van der Waals surface area contributed by atoms with Crippen molar-refractivity contribution in [3.8, 4) is 0 Å². The molecule has 0 spiro atoms. The van der Waals surface area contributed by atoms with Crippen molar-refractivity contribution in [3.05, 3.63) is 41.5 Å². The lowest BCUT2D eigenvalue weighted by Gasteiger charge is -1.99. The molecule has 0 atom stereocenters. The number of hydrogen-bond acceptors (Lipinski definition) is 3. The number of aromatic amines is 1. The number of nitrogens with zero attached hydrogens (tertiary/aromatic N) is 1. The van der Waals surface area contributed by atoms with Crippen LogP contribution < -0.4 is 5.32 Å². The zero-order valence-electron chi connectivity index (χ0n) is 8.28. The van der Waals surface area contributed by atoms with Crippen LogP contribution in [0, 0.1) is 6.92 Å². The number of aryl methyl sites for hydroxylation is 1. The minimum absolute atomic E-state index is 0.229. The molecule has 2 N–H and O–H groups in total. The summed E-state index contributed by atoms with van der Waals surface area (Å²) in [6, 6.07) is 3.50. The van der Waals surface area contributed by atoms with Crippen LogP contribution in [0.4, 0.5) is 0 Å². The van der Waals surface area contributed by atoms with Crippen LogP contribution in [0.3, 0.4) is 0 Å². The Labute approximate surface area is 86.5 Å². The molecule has 2 heterocycles. The number of hydrogen-bond donors (Lipinski definition) is 2. The van der Waals surface area contributed by atoms with Crippen LogP contribution in [0.15, 0.2) is 29.0 Å². The normalized spacial score (nSPS) is 10.2. The lowest BCUT2D eigenvalue weighted by Crippen LogP contribution is -2.22. The highest BCUT2D eigenvalue weighted by Crippen LogP contribution is 2.02. The average Bonchev–Trinajstić information content (AvgIpc) is 2.84. The van der Waals surface area contributed by atoms with E-state index in [-0.39, 0.29) is 5.91 Å². The lowest BCUT2D eigenvalue weighted by atomic mass is 10.3. The molecule has 0 aromatic carbocycles. The highest BCUT2D eigenvalue weighted by molar-refractivity contribution is 5.92. The summed E-state index contributed by atoms with van der Waals surface area (Å²) in [5.41, 5.74) is 1.33. The molecule has 0 aliphatic heterocycles. The van der Waals surface area contributed by atoms with Crippen LogP contribution in [0.25, 0.3) is 0 Å². The minimum atomic E-state index is -0.229. The van der Waals surface area contributed by atoms with Crippen molar-refractivity contribution >= 4 is 5.91 Å². The third kappa shape index (κ3) is 2.25. The number of carbonyl (C=O) groups excluding carboxylic acids is 1. The largest absolute Gasteiger partial charge is 0.367 e. The second kappa shape index (κ2) is 4.00. The molecule has 0 fully saturated rings. The van der Waals surface area contributed by atoms with E-state index >= 15 is 0 Å². The van der Waals surface area contributed by atoms with Crippen LogP contribution in [0.2, 0.25) is 0 Å². The summed E-state index contributed by atoms with van der Waals surface area (Å²) >= 11 is 0. The van der Waals surface area contributed by atoms with Gasteiger partial charge in [-0.05, 0) is 18.6 Å². The van der Waals surface area contributed by atoms with Crippen LogP contribution in [-0.2, 0) is 6.54 Å². The highest BCUT2D eigenvalue weighted by atomic mass is 16.5. The van der Waals surface area contributed by atoms with E-state index in [4.69, 9.17) is 4.52 Å². The molecule has 2 rings (SSSR count). The highest BCUT2D eigenvalue weighted by Gasteiger charge is 2.09. The quantitative estimate of drug-likeness (QED) is 0.791. The van der Waals surface area contributed by atoms with Crippen molar-refractivity contribution in [3.63, 3.8) is 0 Å². The predicted molar refractivity (Wildman–Crippen MR) is 53.2 cm³/mol. The van der Waals surface area contributed by atoms with E-state index in [1.807, 2.05) is 18.5 Å². The number of nitrogens with one attached hydrogen (secondary N) is 2. The second-order valence-corrected chi connectivity index (χ2v) is 3.22. The summed E-state index contributed by atoms with van der Waals surface area (Å²) in [5.74, 6) is 0.398. The van der Waals surface area contributed by atoms with Gasteiger partial charge in [0.2, 0.25) is 0 Å². The minimum Gasteiger partial charge on any atom is -0.367 e. The molecular weight excluding hydrogens is 194 g/mol. The molecule has 78 valence electrons. The molecular formula is C10H11N3O2. The second-order valence-electron chi connectivity index (χ2n) is 3.22. The smallest absolute Gasteiger partial charge is 0.273 e. The summed E-state index contributed by atoms with van der Waals surface area (Å²) < 4.78 is 4.81.